The predicted molar refractivity (Wildman–Crippen MR) is 178 cm³/mol. The van der Waals surface area contributed by atoms with Gasteiger partial charge in [-0.3, -0.25) is 0 Å². The minimum absolute atomic E-state index is 0.0000155. The zero-order chi connectivity index (χ0) is 31.7. The molecule has 10 heteroatoms. The third-order valence-corrected chi connectivity index (χ3v) is 9.02. The number of hydrogen-bond donors (Lipinski definition) is 3. The first-order chi connectivity index (χ1) is 22.5. The summed E-state index contributed by atoms with van der Waals surface area (Å²) in [5, 5.41) is 24.4. The number of carbonyl (C=O) groups excluding carboxylic acids is 1. The van der Waals surface area contributed by atoms with Crippen molar-refractivity contribution in [2.45, 2.75) is 49.8 Å². The van der Waals surface area contributed by atoms with Gasteiger partial charge in [-0.05, 0) is 45.5 Å². The number of carbonyl (C=O) groups is 1. The maximum Gasteiger partial charge on any atom is 0.315 e. The highest BCUT2D eigenvalue weighted by Crippen LogP contribution is 2.40. The summed E-state index contributed by atoms with van der Waals surface area (Å²) in [6.45, 7) is 0.879. The summed E-state index contributed by atoms with van der Waals surface area (Å²) in [5.41, 5.74) is 6.93. The van der Waals surface area contributed by atoms with Crippen LogP contribution in [0.1, 0.15) is 46.6 Å². The summed E-state index contributed by atoms with van der Waals surface area (Å²) in [6, 6.07) is 33.9. The zero-order valence-electron chi connectivity index (χ0n) is 25.6. The number of nitrogens with zero attached hydrogens (tertiary/aromatic N) is 3. The van der Waals surface area contributed by atoms with Crippen LogP contribution in [0.3, 0.4) is 0 Å². The van der Waals surface area contributed by atoms with E-state index in [0.29, 0.717) is 25.3 Å². The highest BCUT2D eigenvalue weighted by Gasteiger charge is 2.32. The highest BCUT2D eigenvalue weighted by molar-refractivity contribution is 7.99. The Morgan fingerprint density at radius 3 is 2.30 bits per heavy atom. The van der Waals surface area contributed by atoms with E-state index in [1.807, 2.05) is 90.5 Å². The smallest absolute Gasteiger partial charge is 0.315 e. The van der Waals surface area contributed by atoms with Gasteiger partial charge in [0.25, 0.3) is 0 Å². The zero-order valence-corrected chi connectivity index (χ0v) is 26.4. The average Bonchev–Trinajstić information content (AvgIpc) is 3.53. The van der Waals surface area contributed by atoms with Gasteiger partial charge in [0.1, 0.15) is 6.33 Å². The van der Waals surface area contributed by atoms with Crippen molar-refractivity contribution >= 4 is 17.8 Å². The number of aliphatic hydroxyl groups excluding tert-OH is 1. The lowest BCUT2D eigenvalue weighted by Crippen LogP contribution is -2.34. The van der Waals surface area contributed by atoms with E-state index < -0.39 is 6.29 Å². The second-order valence-corrected chi connectivity index (χ2v) is 12.2. The molecule has 1 saturated heterocycles. The minimum Gasteiger partial charge on any atom is -0.392 e. The molecule has 3 atom stereocenters. The van der Waals surface area contributed by atoms with Crippen LogP contribution in [-0.4, -0.2) is 37.8 Å². The molecule has 2 heterocycles. The molecular weight excluding hydrogens is 598 g/mol. The first-order valence-corrected chi connectivity index (χ1v) is 16.2. The Labute approximate surface area is 273 Å². The van der Waals surface area contributed by atoms with Gasteiger partial charge >= 0.3 is 6.03 Å². The summed E-state index contributed by atoms with van der Waals surface area (Å²) in [4.78, 5) is 12.4. The van der Waals surface area contributed by atoms with Gasteiger partial charge in [-0.1, -0.05) is 103 Å². The first-order valence-electron chi connectivity index (χ1n) is 15.3. The fourth-order valence-electron chi connectivity index (χ4n) is 5.34. The fourth-order valence-corrected chi connectivity index (χ4v) is 6.25. The quantitative estimate of drug-likeness (QED) is 0.146. The molecule has 3 N–H and O–H groups in total. The molecule has 6 rings (SSSR count). The van der Waals surface area contributed by atoms with Gasteiger partial charge in [0.2, 0.25) is 0 Å². The molecule has 0 radical (unpaired) electrons. The normalized spacial score (nSPS) is 17.8. The van der Waals surface area contributed by atoms with Gasteiger partial charge in [0.15, 0.2) is 11.4 Å². The predicted octanol–water partition coefficient (Wildman–Crippen LogP) is 6.31. The molecule has 3 unspecified atom stereocenters. The van der Waals surface area contributed by atoms with E-state index in [0.717, 1.165) is 44.1 Å². The van der Waals surface area contributed by atoms with Crippen LogP contribution in [0.4, 0.5) is 4.79 Å². The molecule has 1 fully saturated rings. The molecule has 0 aliphatic carbocycles. The third-order valence-electron chi connectivity index (χ3n) is 7.85. The lowest BCUT2D eigenvalue weighted by molar-refractivity contribution is -0.245. The standard InChI is InChI=1S/C36H37N5O4S/c1-41-24-39-40-36(41)46-23-32-19-33(28-15-13-26(22-42)14-16-28)45-34(44-32)31-12-6-11-30(18-31)29-10-5-9-27(17-29)21-38-35(43)37-20-25-7-3-2-4-8-25/h2-18,24,32-34,42H,19-23H2,1H3,(H2,37,38,43). The van der Waals surface area contributed by atoms with Crippen molar-refractivity contribution in [3.8, 4) is 11.1 Å². The summed E-state index contributed by atoms with van der Waals surface area (Å²) >= 11 is 1.61. The van der Waals surface area contributed by atoms with Crippen molar-refractivity contribution in [2.75, 3.05) is 5.75 Å². The van der Waals surface area contributed by atoms with Crippen LogP contribution >= 0.6 is 11.8 Å². The van der Waals surface area contributed by atoms with Crippen molar-refractivity contribution in [2.24, 2.45) is 7.05 Å². The van der Waals surface area contributed by atoms with Gasteiger partial charge < -0.3 is 29.8 Å². The van der Waals surface area contributed by atoms with Crippen molar-refractivity contribution in [1.82, 2.24) is 25.4 Å². The maximum atomic E-state index is 12.4. The number of aliphatic hydroxyl groups is 1. The van der Waals surface area contributed by atoms with Crippen LogP contribution in [0, 0.1) is 0 Å². The fraction of sp³-hybridized carbons (Fsp3) is 0.250. The van der Waals surface area contributed by atoms with Crippen molar-refractivity contribution < 1.29 is 19.4 Å². The first kappa shape index (κ1) is 31.5. The van der Waals surface area contributed by atoms with Gasteiger partial charge in [-0.2, -0.15) is 0 Å². The van der Waals surface area contributed by atoms with Crippen LogP contribution in [-0.2, 0) is 36.2 Å². The SMILES string of the molecule is Cn1cnnc1SCC1CC(c2ccc(CO)cc2)OC(c2cccc(-c3cccc(CNC(=O)NCc4ccccc4)c3)c2)O1. The van der Waals surface area contributed by atoms with Crippen LogP contribution in [0.5, 0.6) is 0 Å². The molecule has 1 aliphatic heterocycles. The number of aryl methyl sites for hydroxylation is 1. The number of nitrogens with one attached hydrogen (secondary N) is 2. The molecule has 0 spiro atoms. The van der Waals surface area contributed by atoms with E-state index >= 15 is 0 Å². The van der Waals surface area contributed by atoms with Crippen molar-refractivity contribution in [1.29, 1.82) is 0 Å². The van der Waals surface area contributed by atoms with Gasteiger partial charge in [-0.15, -0.1) is 10.2 Å². The van der Waals surface area contributed by atoms with Crippen molar-refractivity contribution in [3.63, 3.8) is 0 Å². The molecule has 0 bridgehead atoms. The largest absolute Gasteiger partial charge is 0.392 e. The molecule has 236 valence electrons. The third kappa shape index (κ3) is 8.21. The number of thioether (sulfide) groups is 1. The van der Waals surface area contributed by atoms with E-state index in [9.17, 15) is 9.90 Å². The molecule has 46 heavy (non-hydrogen) atoms. The summed E-state index contributed by atoms with van der Waals surface area (Å²) in [6.07, 6.45) is 1.54. The Bertz CT molecular complexity index is 1730. The van der Waals surface area contributed by atoms with Crippen LogP contribution in [0.15, 0.2) is 115 Å². The topological polar surface area (TPSA) is 111 Å². The molecule has 1 aromatic heterocycles. The van der Waals surface area contributed by atoms with Crippen molar-refractivity contribution in [3.05, 3.63) is 137 Å². The molecule has 4 aromatic carbocycles. The monoisotopic (exact) mass is 635 g/mol. The lowest BCUT2D eigenvalue weighted by atomic mass is 9.99. The highest BCUT2D eigenvalue weighted by atomic mass is 32.2. The van der Waals surface area contributed by atoms with Gasteiger partial charge in [-0.25, -0.2) is 4.79 Å². The Morgan fingerprint density at radius 2 is 1.57 bits per heavy atom. The number of aromatic nitrogens is 3. The Morgan fingerprint density at radius 1 is 0.848 bits per heavy atom. The summed E-state index contributed by atoms with van der Waals surface area (Å²) < 4.78 is 15.0. The van der Waals surface area contributed by atoms with E-state index in [1.165, 1.54) is 0 Å². The summed E-state index contributed by atoms with van der Waals surface area (Å²) in [7, 11) is 1.93. The number of ether oxygens (including phenoxy) is 2. The van der Waals surface area contributed by atoms with E-state index in [2.05, 4.69) is 45.1 Å². The number of rotatable bonds is 11. The number of hydrogen-bond acceptors (Lipinski definition) is 7. The summed E-state index contributed by atoms with van der Waals surface area (Å²) in [5.74, 6) is 0.700. The Balaban J connectivity index is 1.15. The van der Waals surface area contributed by atoms with Crippen LogP contribution in [0.2, 0.25) is 0 Å². The van der Waals surface area contributed by atoms with Crippen LogP contribution < -0.4 is 10.6 Å². The maximum absolute atomic E-state index is 12.4. The minimum atomic E-state index is -0.570. The molecule has 0 saturated carbocycles. The number of urea groups is 1. The average molecular weight is 636 g/mol. The molecule has 1 aliphatic rings. The molecule has 2 amide bonds. The number of amides is 2. The van der Waals surface area contributed by atoms with Gasteiger partial charge in [0.05, 0.1) is 18.8 Å². The molecule has 9 nitrogen and oxygen atoms in total. The second kappa shape index (κ2) is 15.2. The van der Waals surface area contributed by atoms with E-state index in [1.54, 1.807) is 18.1 Å². The molecular formula is C36H37N5O4S. The van der Waals surface area contributed by atoms with Crippen LogP contribution in [0.25, 0.3) is 11.1 Å². The Kier molecular flexibility index (Phi) is 10.4. The molecule has 5 aromatic rings. The van der Waals surface area contributed by atoms with E-state index in [-0.39, 0.29) is 24.8 Å². The van der Waals surface area contributed by atoms with E-state index in [4.69, 9.17) is 9.47 Å². The Hall–Kier alpha value is -4.48. The second-order valence-electron chi connectivity index (χ2n) is 11.2. The van der Waals surface area contributed by atoms with Gasteiger partial charge in [0, 0.05) is 37.9 Å². The number of benzene rings is 4. The lowest BCUT2D eigenvalue weighted by Gasteiger charge is -2.36.